The minimum Gasteiger partial charge on any atom is -0.367 e. The number of fused-ring (bicyclic) bond motifs is 1. The van der Waals surface area contributed by atoms with Crippen LogP contribution in [0.15, 0.2) is 84.8 Å². The van der Waals surface area contributed by atoms with Gasteiger partial charge in [0.05, 0.1) is 10.2 Å². The molecule has 0 radical (unpaired) electrons. The fourth-order valence-electron chi connectivity index (χ4n) is 3.61. The zero-order valence-electron chi connectivity index (χ0n) is 17.3. The number of rotatable bonds is 7. The Bertz CT molecular complexity index is 1310. The van der Waals surface area contributed by atoms with Crippen LogP contribution in [-0.4, -0.2) is 32.5 Å². The van der Waals surface area contributed by atoms with E-state index in [1.807, 2.05) is 48.7 Å². The summed E-state index contributed by atoms with van der Waals surface area (Å²) in [6.45, 7) is 0.608. The van der Waals surface area contributed by atoms with Crippen molar-refractivity contribution in [2.24, 2.45) is 5.73 Å². The van der Waals surface area contributed by atoms with Crippen molar-refractivity contribution < 1.29 is 0 Å². The first-order chi connectivity index (χ1) is 15.8. The maximum Gasteiger partial charge on any atom is 0.162 e. The van der Waals surface area contributed by atoms with Crippen molar-refractivity contribution in [3.05, 3.63) is 90.3 Å². The van der Waals surface area contributed by atoms with E-state index in [2.05, 4.69) is 32.8 Å². The highest BCUT2D eigenvalue weighted by atomic mass is 32.1. The van der Waals surface area contributed by atoms with Gasteiger partial charge in [-0.25, -0.2) is 9.97 Å². The van der Waals surface area contributed by atoms with Gasteiger partial charge in [-0.2, -0.15) is 0 Å². The van der Waals surface area contributed by atoms with E-state index in [0.29, 0.717) is 12.4 Å². The molecule has 6 nitrogen and oxygen atoms in total. The van der Waals surface area contributed by atoms with Gasteiger partial charge in [-0.3, -0.25) is 9.97 Å². The predicted octanol–water partition coefficient (Wildman–Crippen LogP) is 4.80. The average Bonchev–Trinajstić information content (AvgIpc) is 3.28. The number of benzene rings is 1. The highest BCUT2D eigenvalue weighted by molar-refractivity contribution is 7.18. The number of hydrogen-bond donors (Lipinski definition) is 2. The molecule has 4 aromatic heterocycles. The predicted molar refractivity (Wildman–Crippen MR) is 130 cm³/mol. The molecule has 158 valence electrons. The van der Waals surface area contributed by atoms with E-state index in [-0.39, 0.29) is 6.04 Å². The summed E-state index contributed by atoms with van der Waals surface area (Å²) in [5.74, 6) is 1.45. The van der Waals surface area contributed by atoms with Gasteiger partial charge in [-0.15, -0.1) is 11.3 Å². The molecule has 0 saturated carbocycles. The fraction of sp³-hybridized carbons (Fsp3) is 0.120. The normalized spacial score (nSPS) is 12.0. The second-order valence-electron chi connectivity index (χ2n) is 7.53. The van der Waals surface area contributed by atoms with Crippen LogP contribution in [0.25, 0.3) is 32.7 Å². The van der Waals surface area contributed by atoms with E-state index in [0.717, 1.165) is 39.1 Å². The van der Waals surface area contributed by atoms with Crippen LogP contribution in [0.3, 0.4) is 0 Å². The Hall–Kier alpha value is -3.68. The van der Waals surface area contributed by atoms with Crippen molar-refractivity contribution in [2.75, 3.05) is 11.9 Å². The Balaban J connectivity index is 1.50. The minimum absolute atomic E-state index is 0.0375. The highest BCUT2D eigenvalue weighted by Gasteiger charge is 2.16. The zero-order valence-corrected chi connectivity index (χ0v) is 18.2. The molecule has 1 aromatic carbocycles. The lowest BCUT2D eigenvalue weighted by Gasteiger charge is -2.14. The van der Waals surface area contributed by atoms with Crippen LogP contribution in [0.1, 0.15) is 5.56 Å². The first-order valence-electron chi connectivity index (χ1n) is 10.4. The summed E-state index contributed by atoms with van der Waals surface area (Å²) in [5, 5.41) is 5.60. The lowest BCUT2D eigenvalue weighted by molar-refractivity contribution is 0.698. The first-order valence-corrected chi connectivity index (χ1v) is 11.3. The molecule has 0 aliphatic heterocycles. The second-order valence-corrected chi connectivity index (χ2v) is 8.41. The summed E-state index contributed by atoms with van der Waals surface area (Å²) in [4.78, 5) is 18.1. The van der Waals surface area contributed by atoms with Gasteiger partial charge in [0.15, 0.2) is 5.82 Å². The molecular formula is C25H22N6S. The van der Waals surface area contributed by atoms with E-state index >= 15 is 0 Å². The number of nitrogens with zero attached hydrogens (tertiary/aromatic N) is 4. The SMILES string of the molecule is N[C@H](CNc1nc(-c2ccncc2)nc2c(-c3cccnc3)csc12)Cc1ccccc1. The van der Waals surface area contributed by atoms with Crippen LogP contribution in [0, 0.1) is 0 Å². The summed E-state index contributed by atoms with van der Waals surface area (Å²) in [6.07, 6.45) is 7.93. The smallest absolute Gasteiger partial charge is 0.162 e. The molecule has 0 unspecified atom stereocenters. The average molecular weight is 439 g/mol. The van der Waals surface area contributed by atoms with Crippen molar-refractivity contribution in [1.82, 2.24) is 19.9 Å². The van der Waals surface area contributed by atoms with Crippen LogP contribution in [-0.2, 0) is 6.42 Å². The largest absolute Gasteiger partial charge is 0.367 e. The van der Waals surface area contributed by atoms with Crippen molar-refractivity contribution in [3.8, 4) is 22.5 Å². The maximum atomic E-state index is 6.42. The topological polar surface area (TPSA) is 89.6 Å². The van der Waals surface area contributed by atoms with Crippen LogP contribution in [0.4, 0.5) is 5.82 Å². The molecule has 1 atom stereocenters. The summed E-state index contributed by atoms with van der Waals surface area (Å²) in [7, 11) is 0. The Morgan fingerprint density at radius 3 is 2.50 bits per heavy atom. The number of nitrogens with two attached hydrogens (primary N) is 1. The second kappa shape index (κ2) is 9.21. The molecule has 5 aromatic rings. The lowest BCUT2D eigenvalue weighted by Crippen LogP contribution is -2.31. The number of aromatic nitrogens is 4. The molecule has 0 saturated heterocycles. The quantitative estimate of drug-likeness (QED) is 0.379. The molecule has 0 aliphatic carbocycles. The van der Waals surface area contributed by atoms with Gasteiger partial charge >= 0.3 is 0 Å². The number of anilines is 1. The van der Waals surface area contributed by atoms with Crippen molar-refractivity contribution in [2.45, 2.75) is 12.5 Å². The standard InChI is InChI=1S/C25H22N6S/c26-20(13-17-5-2-1-3-6-17)15-29-25-23-22(21(16-32-23)19-7-4-10-28-14-19)30-24(31-25)18-8-11-27-12-9-18/h1-12,14,16,20H,13,15,26H2,(H,29,30,31)/t20-/m0/s1. The highest BCUT2D eigenvalue weighted by Crippen LogP contribution is 2.37. The molecule has 0 amide bonds. The van der Waals surface area contributed by atoms with Crippen LogP contribution >= 0.6 is 11.3 Å². The van der Waals surface area contributed by atoms with Gasteiger partial charge in [-0.05, 0) is 30.2 Å². The summed E-state index contributed by atoms with van der Waals surface area (Å²) in [6, 6.07) is 18.1. The summed E-state index contributed by atoms with van der Waals surface area (Å²) >= 11 is 1.63. The minimum atomic E-state index is -0.0375. The Morgan fingerprint density at radius 2 is 1.72 bits per heavy atom. The molecule has 7 heteroatoms. The van der Waals surface area contributed by atoms with Gasteiger partial charge in [0.25, 0.3) is 0 Å². The van der Waals surface area contributed by atoms with E-state index < -0.39 is 0 Å². The molecule has 5 rings (SSSR count). The van der Waals surface area contributed by atoms with Crippen molar-refractivity contribution in [3.63, 3.8) is 0 Å². The first kappa shape index (κ1) is 20.2. The summed E-state index contributed by atoms with van der Waals surface area (Å²) < 4.78 is 1.01. The summed E-state index contributed by atoms with van der Waals surface area (Å²) in [5.41, 5.74) is 11.6. The van der Waals surface area contributed by atoms with Crippen LogP contribution in [0.5, 0.6) is 0 Å². The van der Waals surface area contributed by atoms with Gasteiger partial charge in [0.2, 0.25) is 0 Å². The van der Waals surface area contributed by atoms with Crippen LogP contribution in [0.2, 0.25) is 0 Å². The van der Waals surface area contributed by atoms with E-state index in [4.69, 9.17) is 15.7 Å². The molecule has 4 heterocycles. The third-order valence-corrected chi connectivity index (χ3v) is 6.17. The Morgan fingerprint density at radius 1 is 0.875 bits per heavy atom. The van der Waals surface area contributed by atoms with Gasteiger partial charge in [0.1, 0.15) is 5.82 Å². The van der Waals surface area contributed by atoms with Crippen molar-refractivity contribution in [1.29, 1.82) is 0 Å². The van der Waals surface area contributed by atoms with Crippen molar-refractivity contribution >= 4 is 27.4 Å². The Kier molecular flexibility index (Phi) is 5.83. The Labute approximate surface area is 190 Å². The zero-order chi connectivity index (χ0) is 21.8. The monoisotopic (exact) mass is 438 g/mol. The van der Waals surface area contributed by atoms with E-state index in [9.17, 15) is 0 Å². The number of nitrogens with one attached hydrogen (secondary N) is 1. The third kappa shape index (κ3) is 4.34. The molecule has 0 spiro atoms. The lowest BCUT2D eigenvalue weighted by atomic mass is 10.1. The van der Waals surface area contributed by atoms with Crippen LogP contribution < -0.4 is 11.1 Å². The van der Waals surface area contributed by atoms with Gasteiger partial charge < -0.3 is 11.1 Å². The number of hydrogen-bond acceptors (Lipinski definition) is 7. The molecule has 0 aliphatic rings. The molecule has 0 fully saturated rings. The third-order valence-electron chi connectivity index (χ3n) is 5.20. The molecule has 32 heavy (non-hydrogen) atoms. The number of thiophene rings is 1. The maximum absolute atomic E-state index is 6.42. The fourth-order valence-corrected chi connectivity index (χ4v) is 4.59. The van der Waals surface area contributed by atoms with E-state index in [1.54, 1.807) is 29.9 Å². The molecular weight excluding hydrogens is 416 g/mol. The number of pyridine rings is 2. The molecule has 3 N–H and O–H groups in total. The molecule has 0 bridgehead atoms. The van der Waals surface area contributed by atoms with E-state index in [1.165, 1.54) is 5.56 Å². The van der Waals surface area contributed by atoms with Gasteiger partial charge in [0, 0.05) is 59.4 Å². The van der Waals surface area contributed by atoms with Gasteiger partial charge in [-0.1, -0.05) is 36.4 Å².